The molecule has 21 heavy (non-hydrogen) atoms. The van der Waals surface area contributed by atoms with Crippen LogP contribution in [0.4, 0.5) is 4.79 Å². The molecule has 2 rings (SSSR count). The Morgan fingerprint density at radius 3 is 2.71 bits per heavy atom. The van der Waals surface area contributed by atoms with Gasteiger partial charge in [0, 0.05) is 0 Å². The highest BCUT2D eigenvalue weighted by molar-refractivity contribution is 5.86. The zero-order valence-corrected chi connectivity index (χ0v) is 12.1. The highest BCUT2D eigenvalue weighted by Crippen LogP contribution is 2.13. The zero-order chi connectivity index (χ0) is 15.2. The van der Waals surface area contributed by atoms with E-state index in [1.165, 1.54) is 0 Å². The summed E-state index contributed by atoms with van der Waals surface area (Å²) in [5, 5.41) is 2.45. The van der Waals surface area contributed by atoms with Gasteiger partial charge >= 0.3 is 12.1 Å². The normalized spacial score (nSPS) is 21.9. The average Bonchev–Trinajstić information content (AvgIpc) is 2.50. The quantitative estimate of drug-likeness (QED) is 0.807. The molecule has 0 aliphatic carbocycles. The fraction of sp³-hybridized carbons (Fsp3) is 0.467. The number of hydrogen-bond acceptors (Lipinski definition) is 5. The topological polar surface area (TPSA) is 73.9 Å². The summed E-state index contributed by atoms with van der Waals surface area (Å²) in [6.07, 6.45) is -1.18. The summed E-state index contributed by atoms with van der Waals surface area (Å²) in [6.45, 7) is 4.10. The van der Waals surface area contributed by atoms with Crippen LogP contribution in [0.5, 0.6) is 0 Å². The lowest BCUT2D eigenvalue weighted by Crippen LogP contribution is -2.58. The smallest absolute Gasteiger partial charge is 0.408 e. The van der Waals surface area contributed by atoms with Crippen molar-refractivity contribution in [2.45, 2.75) is 38.7 Å². The van der Waals surface area contributed by atoms with E-state index in [4.69, 9.17) is 14.2 Å². The maximum absolute atomic E-state index is 11.5. The summed E-state index contributed by atoms with van der Waals surface area (Å²) in [4.78, 5) is 22.6. The number of cyclic esters (lactones) is 1. The average molecular weight is 293 g/mol. The number of esters is 1. The monoisotopic (exact) mass is 293 g/mol. The highest BCUT2D eigenvalue weighted by Gasteiger charge is 2.40. The van der Waals surface area contributed by atoms with Crippen molar-refractivity contribution in [2.24, 2.45) is 0 Å². The molecule has 1 unspecified atom stereocenters. The Morgan fingerprint density at radius 1 is 1.38 bits per heavy atom. The van der Waals surface area contributed by atoms with Gasteiger partial charge in [0.05, 0.1) is 12.7 Å². The third-order valence-corrected chi connectivity index (χ3v) is 3.13. The van der Waals surface area contributed by atoms with Gasteiger partial charge in [-0.05, 0) is 19.4 Å². The van der Waals surface area contributed by atoms with Crippen LogP contribution in [-0.4, -0.2) is 36.9 Å². The van der Waals surface area contributed by atoms with Crippen LogP contribution in [0.15, 0.2) is 30.3 Å². The van der Waals surface area contributed by atoms with Crippen LogP contribution in [-0.2, 0) is 25.6 Å². The number of nitrogens with one attached hydrogen (secondary N) is 1. The molecule has 1 amide bonds. The molecule has 6 nitrogen and oxygen atoms in total. The fourth-order valence-corrected chi connectivity index (χ4v) is 1.84. The fourth-order valence-electron chi connectivity index (χ4n) is 1.84. The summed E-state index contributed by atoms with van der Waals surface area (Å²) in [5.74, 6) is -0.437. The number of rotatable bonds is 6. The molecule has 3 atom stereocenters. The molecule has 0 spiro atoms. The SMILES string of the molecule is CC(COC(=O)N[C@H]1C(=O)O[C@H]1C)OCc1ccccc1. The molecule has 1 aromatic rings. The van der Waals surface area contributed by atoms with Crippen molar-refractivity contribution in [3.05, 3.63) is 35.9 Å². The van der Waals surface area contributed by atoms with E-state index in [-0.39, 0.29) is 18.8 Å². The summed E-state index contributed by atoms with van der Waals surface area (Å²) >= 11 is 0. The van der Waals surface area contributed by atoms with Gasteiger partial charge in [-0.15, -0.1) is 0 Å². The molecule has 0 radical (unpaired) electrons. The molecule has 1 N–H and O–H groups in total. The lowest BCUT2D eigenvalue weighted by atomic mass is 10.1. The standard InChI is InChI=1S/C15H19NO5/c1-10(19-9-12-6-4-3-5-7-12)8-20-15(18)16-13-11(2)21-14(13)17/h3-7,10-11,13H,8-9H2,1-2H3,(H,16,18)/t10?,11-,13+/m0/s1. The first-order valence-electron chi connectivity index (χ1n) is 6.85. The van der Waals surface area contributed by atoms with E-state index >= 15 is 0 Å². The molecular weight excluding hydrogens is 274 g/mol. The second-order valence-corrected chi connectivity index (χ2v) is 4.97. The molecule has 1 aliphatic rings. The van der Waals surface area contributed by atoms with Crippen molar-refractivity contribution in [2.75, 3.05) is 6.61 Å². The second-order valence-electron chi connectivity index (χ2n) is 4.97. The van der Waals surface area contributed by atoms with Crippen LogP contribution in [0, 0.1) is 0 Å². The van der Waals surface area contributed by atoms with Crippen molar-refractivity contribution in [1.82, 2.24) is 5.32 Å². The van der Waals surface area contributed by atoms with E-state index in [1.807, 2.05) is 37.3 Å². The van der Waals surface area contributed by atoms with Gasteiger partial charge in [-0.2, -0.15) is 0 Å². The second kappa shape index (κ2) is 7.08. The van der Waals surface area contributed by atoms with Gasteiger partial charge in [0.25, 0.3) is 0 Å². The summed E-state index contributed by atoms with van der Waals surface area (Å²) in [6, 6.07) is 9.12. The number of alkyl carbamates (subject to hydrolysis) is 1. The Labute approximate surface area is 123 Å². The molecule has 1 saturated heterocycles. The molecule has 1 fully saturated rings. The van der Waals surface area contributed by atoms with Gasteiger partial charge in [0.15, 0.2) is 6.04 Å². The Balaban J connectivity index is 1.63. The molecule has 1 aliphatic heterocycles. The lowest BCUT2D eigenvalue weighted by molar-refractivity contribution is -0.174. The zero-order valence-electron chi connectivity index (χ0n) is 12.1. The molecule has 0 bridgehead atoms. The number of hydrogen-bond donors (Lipinski definition) is 1. The van der Waals surface area contributed by atoms with Crippen LogP contribution in [0.2, 0.25) is 0 Å². The predicted molar refractivity (Wildman–Crippen MR) is 74.5 cm³/mol. The van der Waals surface area contributed by atoms with Gasteiger partial charge < -0.3 is 19.5 Å². The minimum atomic E-state index is -0.640. The molecule has 1 aromatic carbocycles. The Hall–Kier alpha value is -2.08. The molecule has 6 heteroatoms. The van der Waals surface area contributed by atoms with Crippen molar-refractivity contribution < 1.29 is 23.8 Å². The Kier molecular flexibility index (Phi) is 5.16. The van der Waals surface area contributed by atoms with E-state index < -0.39 is 18.1 Å². The van der Waals surface area contributed by atoms with E-state index in [9.17, 15) is 9.59 Å². The predicted octanol–water partition coefficient (Wildman–Crippen LogP) is 1.63. The van der Waals surface area contributed by atoms with E-state index in [1.54, 1.807) is 6.92 Å². The number of carbonyl (C=O) groups excluding carboxylic acids is 2. The summed E-state index contributed by atoms with van der Waals surface area (Å²) in [5.41, 5.74) is 1.06. The molecule has 1 heterocycles. The van der Waals surface area contributed by atoms with Crippen molar-refractivity contribution in [1.29, 1.82) is 0 Å². The van der Waals surface area contributed by atoms with Crippen molar-refractivity contribution in [3.8, 4) is 0 Å². The first kappa shape index (κ1) is 15.3. The third-order valence-electron chi connectivity index (χ3n) is 3.13. The Bertz CT molecular complexity index is 490. The third kappa shape index (κ3) is 4.46. The van der Waals surface area contributed by atoms with Gasteiger partial charge in [-0.3, -0.25) is 0 Å². The lowest BCUT2D eigenvalue weighted by Gasteiger charge is -2.32. The van der Waals surface area contributed by atoms with Crippen LogP contribution in [0.1, 0.15) is 19.4 Å². The summed E-state index contributed by atoms with van der Waals surface area (Å²) < 4.78 is 15.3. The van der Waals surface area contributed by atoms with Gasteiger partial charge in [-0.25, -0.2) is 9.59 Å². The highest BCUT2D eigenvalue weighted by atomic mass is 16.6. The van der Waals surface area contributed by atoms with Gasteiger partial charge in [-0.1, -0.05) is 30.3 Å². The number of ether oxygens (including phenoxy) is 3. The first-order chi connectivity index (χ1) is 10.1. The van der Waals surface area contributed by atoms with Crippen LogP contribution in [0.3, 0.4) is 0 Å². The molecule has 0 saturated carbocycles. The van der Waals surface area contributed by atoms with Crippen LogP contribution < -0.4 is 5.32 Å². The largest absolute Gasteiger partial charge is 0.458 e. The summed E-state index contributed by atoms with van der Waals surface area (Å²) in [7, 11) is 0. The number of carbonyl (C=O) groups is 2. The van der Waals surface area contributed by atoms with Crippen molar-refractivity contribution in [3.63, 3.8) is 0 Å². The minimum Gasteiger partial charge on any atom is -0.458 e. The minimum absolute atomic E-state index is 0.120. The van der Waals surface area contributed by atoms with E-state index in [0.29, 0.717) is 6.61 Å². The molecule has 0 aromatic heterocycles. The van der Waals surface area contributed by atoms with Crippen LogP contribution >= 0.6 is 0 Å². The van der Waals surface area contributed by atoms with Crippen molar-refractivity contribution >= 4 is 12.1 Å². The number of benzene rings is 1. The first-order valence-corrected chi connectivity index (χ1v) is 6.85. The molecule has 114 valence electrons. The maximum atomic E-state index is 11.5. The Morgan fingerprint density at radius 2 is 2.10 bits per heavy atom. The van der Waals surface area contributed by atoms with Gasteiger partial charge in [0.2, 0.25) is 0 Å². The molecular formula is C15H19NO5. The van der Waals surface area contributed by atoms with Crippen LogP contribution in [0.25, 0.3) is 0 Å². The van der Waals surface area contributed by atoms with E-state index in [0.717, 1.165) is 5.56 Å². The maximum Gasteiger partial charge on any atom is 0.408 e. The van der Waals surface area contributed by atoms with E-state index in [2.05, 4.69) is 5.32 Å². The number of amides is 1. The van der Waals surface area contributed by atoms with Gasteiger partial charge in [0.1, 0.15) is 12.7 Å².